The number of benzene rings is 2. The predicted octanol–water partition coefficient (Wildman–Crippen LogP) is 4.74. The van der Waals surface area contributed by atoms with Gasteiger partial charge in [-0.3, -0.25) is 0 Å². The van der Waals surface area contributed by atoms with Crippen molar-refractivity contribution in [2.24, 2.45) is 0 Å². The monoisotopic (exact) mass is 362 g/mol. The molecule has 0 aliphatic carbocycles. The van der Waals surface area contributed by atoms with Gasteiger partial charge in [0.05, 0.1) is 12.7 Å². The minimum atomic E-state index is -4.07. The summed E-state index contributed by atoms with van der Waals surface area (Å²) >= 11 is 0. The van der Waals surface area contributed by atoms with E-state index in [1.807, 2.05) is 0 Å². The molecule has 0 unspecified atom stereocenters. The normalized spacial score (nSPS) is 11.5. The van der Waals surface area contributed by atoms with Crippen LogP contribution < -0.4 is 9.05 Å². The van der Waals surface area contributed by atoms with E-state index in [4.69, 9.17) is 18.3 Å². The summed E-state index contributed by atoms with van der Waals surface area (Å²) in [7, 11) is -4.07. The van der Waals surface area contributed by atoms with Gasteiger partial charge in [-0.25, -0.2) is 4.79 Å². The molecule has 0 spiro atoms. The second kappa shape index (κ2) is 8.94. The van der Waals surface area contributed by atoms with Crippen molar-refractivity contribution in [1.29, 1.82) is 0 Å². The third-order valence-corrected chi connectivity index (χ3v) is 4.16. The SMILES string of the molecule is CCOC(=O)/C=C(/C)OP(=O)(Oc1ccccc1)Oc1ccccc1. The van der Waals surface area contributed by atoms with Crippen LogP contribution in [0.5, 0.6) is 11.5 Å². The molecule has 0 saturated carbocycles. The highest BCUT2D eigenvalue weighted by molar-refractivity contribution is 7.49. The topological polar surface area (TPSA) is 71.1 Å². The minimum absolute atomic E-state index is 0.0497. The third kappa shape index (κ3) is 6.36. The molecule has 0 amide bonds. The van der Waals surface area contributed by atoms with Gasteiger partial charge < -0.3 is 18.3 Å². The number of carbonyl (C=O) groups excluding carboxylic acids is 1. The first-order valence-electron chi connectivity index (χ1n) is 7.65. The van der Waals surface area contributed by atoms with Gasteiger partial charge in [0.15, 0.2) is 0 Å². The number of hydrogen-bond donors (Lipinski definition) is 0. The summed E-state index contributed by atoms with van der Waals surface area (Å²) in [6, 6.07) is 17.0. The van der Waals surface area contributed by atoms with Gasteiger partial charge >= 0.3 is 13.8 Å². The highest BCUT2D eigenvalue weighted by Gasteiger charge is 2.33. The van der Waals surface area contributed by atoms with Crippen molar-refractivity contribution < 1.29 is 27.7 Å². The maximum absolute atomic E-state index is 13.0. The van der Waals surface area contributed by atoms with Crippen LogP contribution in [0.3, 0.4) is 0 Å². The van der Waals surface area contributed by atoms with Crippen molar-refractivity contribution in [3.8, 4) is 11.5 Å². The third-order valence-electron chi connectivity index (χ3n) is 2.78. The molecule has 2 aromatic carbocycles. The molecule has 0 fully saturated rings. The largest absolute Gasteiger partial charge is 0.646 e. The fourth-order valence-corrected chi connectivity index (χ4v) is 3.11. The molecule has 0 aliphatic heterocycles. The summed E-state index contributed by atoms with van der Waals surface area (Å²) < 4.78 is 34.0. The molecule has 0 heterocycles. The minimum Gasteiger partial charge on any atom is -0.463 e. The summed E-state index contributed by atoms with van der Waals surface area (Å²) in [5.41, 5.74) is 0. The van der Waals surface area contributed by atoms with Crippen LogP contribution in [0, 0.1) is 0 Å². The van der Waals surface area contributed by atoms with Gasteiger partial charge in [-0.1, -0.05) is 36.4 Å². The first-order chi connectivity index (χ1) is 12.0. The second-order valence-corrected chi connectivity index (χ2v) is 6.30. The van der Waals surface area contributed by atoms with Gasteiger partial charge in [0, 0.05) is 0 Å². The van der Waals surface area contributed by atoms with Crippen molar-refractivity contribution in [2.75, 3.05) is 6.61 Å². The maximum Gasteiger partial charge on any atom is 0.646 e. The fourth-order valence-electron chi connectivity index (χ4n) is 1.83. The van der Waals surface area contributed by atoms with Crippen LogP contribution >= 0.6 is 7.82 Å². The zero-order valence-electron chi connectivity index (χ0n) is 14.0. The Balaban J connectivity index is 2.22. The summed E-state index contributed by atoms with van der Waals surface area (Å²) in [6.45, 7) is 3.37. The first kappa shape index (κ1) is 18.6. The Morgan fingerprint density at radius 1 is 0.960 bits per heavy atom. The lowest BCUT2D eigenvalue weighted by atomic mass is 10.3. The van der Waals surface area contributed by atoms with Crippen LogP contribution in [-0.4, -0.2) is 12.6 Å². The molecule has 132 valence electrons. The predicted molar refractivity (Wildman–Crippen MR) is 93.2 cm³/mol. The van der Waals surface area contributed by atoms with Crippen LogP contribution in [-0.2, 0) is 18.6 Å². The smallest absolute Gasteiger partial charge is 0.463 e. The number of hydrogen-bond acceptors (Lipinski definition) is 6. The van der Waals surface area contributed by atoms with Crippen molar-refractivity contribution >= 4 is 13.8 Å². The van der Waals surface area contributed by atoms with Gasteiger partial charge in [0.2, 0.25) is 0 Å². The number of rotatable bonds is 8. The summed E-state index contributed by atoms with van der Waals surface area (Å²) in [6.07, 6.45) is 1.08. The molecule has 0 bridgehead atoms. The highest BCUT2D eigenvalue weighted by Crippen LogP contribution is 2.51. The summed E-state index contributed by atoms with van der Waals surface area (Å²) in [4.78, 5) is 11.5. The Labute approximate surface area is 146 Å². The van der Waals surface area contributed by atoms with E-state index in [0.29, 0.717) is 11.5 Å². The molecule has 6 nitrogen and oxygen atoms in total. The van der Waals surface area contributed by atoms with Gasteiger partial charge in [0.25, 0.3) is 0 Å². The molecular weight excluding hydrogens is 343 g/mol. The average Bonchev–Trinajstić information content (AvgIpc) is 2.56. The molecule has 0 N–H and O–H groups in total. The van der Waals surface area contributed by atoms with Gasteiger partial charge in [0.1, 0.15) is 17.3 Å². The van der Waals surface area contributed by atoms with E-state index in [-0.39, 0.29) is 12.4 Å². The second-order valence-electron chi connectivity index (χ2n) is 4.85. The van der Waals surface area contributed by atoms with Crippen LogP contribution in [0.1, 0.15) is 13.8 Å². The number of esters is 1. The standard InChI is InChI=1S/C18H19O6P/c1-3-21-18(19)14-15(2)22-25(20,23-16-10-6-4-7-11-16)24-17-12-8-5-9-13-17/h4-14H,3H2,1-2H3/b15-14-. The molecule has 0 saturated heterocycles. The van der Waals surface area contributed by atoms with E-state index in [1.165, 1.54) is 6.92 Å². The molecule has 25 heavy (non-hydrogen) atoms. The van der Waals surface area contributed by atoms with E-state index in [1.54, 1.807) is 67.6 Å². The zero-order valence-corrected chi connectivity index (χ0v) is 14.8. The molecule has 0 aliphatic rings. The van der Waals surface area contributed by atoms with Gasteiger partial charge in [-0.2, -0.15) is 4.57 Å². The lowest BCUT2D eigenvalue weighted by Crippen LogP contribution is -2.06. The molecule has 2 rings (SSSR count). The number of phosphoric ester groups is 1. The summed E-state index contributed by atoms with van der Waals surface area (Å²) in [5.74, 6) is 0.0658. The number of phosphoric acid groups is 1. The van der Waals surface area contributed by atoms with Crippen molar-refractivity contribution in [2.45, 2.75) is 13.8 Å². The molecule has 0 atom stereocenters. The average molecular weight is 362 g/mol. The molecular formula is C18H19O6P. The quantitative estimate of drug-likeness (QED) is 0.292. The highest BCUT2D eigenvalue weighted by atomic mass is 31.2. The first-order valence-corrected chi connectivity index (χ1v) is 9.11. The Morgan fingerprint density at radius 3 is 1.88 bits per heavy atom. The van der Waals surface area contributed by atoms with Gasteiger partial charge in [-0.05, 0) is 38.1 Å². The van der Waals surface area contributed by atoms with E-state index in [0.717, 1.165) is 6.08 Å². The zero-order chi connectivity index (χ0) is 18.1. The maximum atomic E-state index is 13.0. The van der Waals surface area contributed by atoms with Crippen LogP contribution in [0.4, 0.5) is 0 Å². The number of allylic oxidation sites excluding steroid dienone is 1. The molecule has 2 aromatic rings. The van der Waals surface area contributed by atoms with Crippen LogP contribution in [0.2, 0.25) is 0 Å². The van der Waals surface area contributed by atoms with E-state index < -0.39 is 13.8 Å². The van der Waals surface area contributed by atoms with Crippen molar-refractivity contribution in [1.82, 2.24) is 0 Å². The van der Waals surface area contributed by atoms with E-state index >= 15 is 0 Å². The van der Waals surface area contributed by atoms with Crippen molar-refractivity contribution in [3.63, 3.8) is 0 Å². The Kier molecular flexibility index (Phi) is 6.66. The van der Waals surface area contributed by atoms with Crippen LogP contribution in [0.25, 0.3) is 0 Å². The van der Waals surface area contributed by atoms with Crippen LogP contribution in [0.15, 0.2) is 72.5 Å². The van der Waals surface area contributed by atoms with E-state index in [2.05, 4.69) is 0 Å². The number of carbonyl (C=O) groups is 1. The molecule has 0 radical (unpaired) electrons. The fraction of sp³-hybridized carbons (Fsp3) is 0.167. The van der Waals surface area contributed by atoms with Gasteiger partial charge in [-0.15, -0.1) is 0 Å². The Bertz CT molecular complexity index is 712. The van der Waals surface area contributed by atoms with E-state index in [9.17, 15) is 9.36 Å². The summed E-state index contributed by atoms with van der Waals surface area (Å²) in [5, 5.41) is 0. The number of para-hydroxylation sites is 2. The Hall–Kier alpha value is -2.72. The van der Waals surface area contributed by atoms with Crippen molar-refractivity contribution in [3.05, 3.63) is 72.5 Å². The number of ether oxygens (including phenoxy) is 1. The lowest BCUT2D eigenvalue weighted by molar-refractivity contribution is -0.137. The molecule has 7 heteroatoms. The Morgan fingerprint density at radius 2 is 1.44 bits per heavy atom. The lowest BCUT2D eigenvalue weighted by Gasteiger charge is -2.19. The molecule has 0 aromatic heterocycles.